The van der Waals surface area contributed by atoms with Gasteiger partial charge in [0.25, 0.3) is 0 Å². The molecule has 0 atom stereocenters. The zero-order chi connectivity index (χ0) is 18.9. The number of benzene rings is 2. The second kappa shape index (κ2) is 7.21. The van der Waals surface area contributed by atoms with E-state index in [9.17, 15) is 13.2 Å². The summed E-state index contributed by atoms with van der Waals surface area (Å²) in [7, 11) is 0. The second-order valence-electron chi connectivity index (χ2n) is 5.50. The molecule has 0 aliphatic carbocycles. The van der Waals surface area contributed by atoms with Crippen molar-refractivity contribution in [3.05, 3.63) is 75.5 Å². The molecular weight excluding hydrogens is 388 g/mol. The molecule has 3 rings (SSSR count). The van der Waals surface area contributed by atoms with Crippen molar-refractivity contribution in [2.75, 3.05) is 0 Å². The van der Waals surface area contributed by atoms with Gasteiger partial charge in [-0.1, -0.05) is 47.5 Å². The number of rotatable bonds is 4. The van der Waals surface area contributed by atoms with Gasteiger partial charge in [0.15, 0.2) is 5.75 Å². The SMILES string of the molecule is Cc1c(OCc2c(Cl)cccc2Cl)c(C(F)(F)F)nn1-c1ccccc1. The van der Waals surface area contributed by atoms with E-state index in [1.54, 1.807) is 48.5 Å². The molecule has 136 valence electrons. The molecule has 0 radical (unpaired) electrons. The van der Waals surface area contributed by atoms with Gasteiger partial charge in [0, 0.05) is 15.6 Å². The number of halogens is 5. The van der Waals surface area contributed by atoms with Crippen molar-refractivity contribution in [2.45, 2.75) is 19.7 Å². The van der Waals surface area contributed by atoms with Crippen molar-refractivity contribution in [2.24, 2.45) is 0 Å². The van der Waals surface area contributed by atoms with Gasteiger partial charge in [-0.05, 0) is 31.2 Å². The van der Waals surface area contributed by atoms with Gasteiger partial charge in [0.05, 0.1) is 11.4 Å². The van der Waals surface area contributed by atoms with Gasteiger partial charge < -0.3 is 4.74 Å². The van der Waals surface area contributed by atoms with E-state index in [0.29, 0.717) is 21.3 Å². The first kappa shape index (κ1) is 18.6. The summed E-state index contributed by atoms with van der Waals surface area (Å²) in [6, 6.07) is 13.4. The predicted octanol–water partition coefficient (Wildman–Crippen LogP) is 6.09. The Hall–Kier alpha value is -2.18. The van der Waals surface area contributed by atoms with Crippen molar-refractivity contribution < 1.29 is 17.9 Å². The van der Waals surface area contributed by atoms with Gasteiger partial charge in [-0.15, -0.1) is 0 Å². The van der Waals surface area contributed by atoms with Gasteiger partial charge in [0.1, 0.15) is 6.61 Å². The lowest BCUT2D eigenvalue weighted by Crippen LogP contribution is -2.09. The van der Waals surface area contributed by atoms with Gasteiger partial charge >= 0.3 is 6.18 Å². The summed E-state index contributed by atoms with van der Waals surface area (Å²) in [4.78, 5) is 0. The van der Waals surface area contributed by atoms with E-state index in [2.05, 4.69) is 5.10 Å². The fourth-order valence-corrected chi connectivity index (χ4v) is 2.99. The number of nitrogens with zero attached hydrogens (tertiary/aromatic N) is 2. The first-order valence-corrected chi connectivity index (χ1v) is 8.32. The molecule has 0 N–H and O–H groups in total. The molecular formula is C18H13Cl2F3N2O. The first-order valence-electron chi connectivity index (χ1n) is 7.57. The average molecular weight is 401 g/mol. The molecule has 0 saturated heterocycles. The van der Waals surface area contributed by atoms with Crippen LogP contribution in [0, 0.1) is 6.92 Å². The molecule has 3 aromatic rings. The van der Waals surface area contributed by atoms with Crippen molar-refractivity contribution in [3.8, 4) is 11.4 Å². The lowest BCUT2D eigenvalue weighted by atomic mass is 10.2. The highest BCUT2D eigenvalue weighted by molar-refractivity contribution is 6.35. The summed E-state index contributed by atoms with van der Waals surface area (Å²) >= 11 is 12.1. The Labute approximate surface area is 157 Å². The molecule has 1 aromatic heterocycles. The minimum Gasteiger partial charge on any atom is -0.485 e. The van der Waals surface area contributed by atoms with Crippen LogP contribution in [-0.4, -0.2) is 9.78 Å². The van der Waals surface area contributed by atoms with Crippen LogP contribution in [0.5, 0.6) is 5.75 Å². The van der Waals surface area contributed by atoms with Gasteiger partial charge in [-0.25, -0.2) is 4.68 Å². The van der Waals surface area contributed by atoms with E-state index in [1.807, 2.05) is 0 Å². The van der Waals surface area contributed by atoms with Gasteiger partial charge in [0.2, 0.25) is 5.69 Å². The van der Waals surface area contributed by atoms with Crippen LogP contribution in [0.4, 0.5) is 13.2 Å². The average Bonchev–Trinajstić information content (AvgIpc) is 2.92. The van der Waals surface area contributed by atoms with Crippen LogP contribution in [0.25, 0.3) is 5.69 Å². The summed E-state index contributed by atoms with van der Waals surface area (Å²) in [5.41, 5.74) is 0.0469. The summed E-state index contributed by atoms with van der Waals surface area (Å²) in [5.74, 6) is -0.350. The lowest BCUT2D eigenvalue weighted by molar-refractivity contribution is -0.142. The van der Waals surface area contributed by atoms with Crippen molar-refractivity contribution in [3.63, 3.8) is 0 Å². The molecule has 0 aliphatic rings. The predicted molar refractivity (Wildman–Crippen MR) is 94.1 cm³/mol. The third kappa shape index (κ3) is 3.66. The maximum Gasteiger partial charge on any atom is 0.438 e. The van der Waals surface area contributed by atoms with Crippen LogP contribution in [0.15, 0.2) is 48.5 Å². The number of hydrogen-bond acceptors (Lipinski definition) is 2. The van der Waals surface area contributed by atoms with Crippen LogP contribution in [0.2, 0.25) is 10.0 Å². The summed E-state index contributed by atoms with van der Waals surface area (Å²) in [5, 5.41) is 4.35. The quantitative estimate of drug-likeness (QED) is 0.530. The highest BCUT2D eigenvalue weighted by atomic mass is 35.5. The fraction of sp³-hybridized carbons (Fsp3) is 0.167. The maximum absolute atomic E-state index is 13.4. The minimum absolute atomic E-state index is 0.205. The summed E-state index contributed by atoms with van der Waals surface area (Å²) in [6.07, 6.45) is -4.66. The van der Waals surface area contributed by atoms with Crippen LogP contribution in [0.3, 0.4) is 0 Å². The summed E-state index contributed by atoms with van der Waals surface area (Å²) < 4.78 is 47.0. The Morgan fingerprint density at radius 3 is 2.19 bits per heavy atom. The minimum atomic E-state index is -4.66. The largest absolute Gasteiger partial charge is 0.485 e. The van der Waals surface area contributed by atoms with Crippen molar-refractivity contribution in [1.29, 1.82) is 0 Å². The first-order chi connectivity index (χ1) is 12.3. The lowest BCUT2D eigenvalue weighted by Gasteiger charge is -2.11. The highest BCUT2D eigenvalue weighted by Crippen LogP contribution is 2.39. The van der Waals surface area contributed by atoms with Crippen LogP contribution in [0.1, 0.15) is 17.0 Å². The molecule has 3 nitrogen and oxygen atoms in total. The molecule has 0 bridgehead atoms. The van der Waals surface area contributed by atoms with E-state index >= 15 is 0 Å². The molecule has 26 heavy (non-hydrogen) atoms. The molecule has 0 amide bonds. The van der Waals surface area contributed by atoms with E-state index in [1.165, 1.54) is 11.6 Å². The number of alkyl halides is 3. The van der Waals surface area contributed by atoms with Gasteiger partial charge in [-0.3, -0.25) is 0 Å². The Morgan fingerprint density at radius 2 is 1.62 bits per heavy atom. The van der Waals surface area contributed by atoms with Gasteiger partial charge in [-0.2, -0.15) is 18.3 Å². The molecule has 8 heteroatoms. The zero-order valence-corrected chi connectivity index (χ0v) is 15.0. The van der Waals surface area contributed by atoms with Crippen LogP contribution < -0.4 is 4.74 Å². The Balaban J connectivity index is 2.02. The maximum atomic E-state index is 13.4. The Bertz CT molecular complexity index is 904. The third-order valence-electron chi connectivity index (χ3n) is 3.75. The van der Waals surface area contributed by atoms with Crippen LogP contribution >= 0.6 is 23.2 Å². The van der Waals surface area contributed by atoms with Crippen LogP contribution in [-0.2, 0) is 12.8 Å². The molecule has 0 aliphatic heterocycles. The normalized spacial score (nSPS) is 11.6. The summed E-state index contributed by atoms with van der Waals surface area (Å²) in [6.45, 7) is 1.31. The van der Waals surface area contributed by atoms with E-state index in [4.69, 9.17) is 27.9 Å². The number of ether oxygens (including phenoxy) is 1. The smallest absolute Gasteiger partial charge is 0.438 e. The molecule has 0 saturated carbocycles. The number of para-hydroxylation sites is 1. The van der Waals surface area contributed by atoms with Crippen molar-refractivity contribution >= 4 is 23.2 Å². The van der Waals surface area contributed by atoms with E-state index in [-0.39, 0.29) is 18.1 Å². The molecule has 0 spiro atoms. The second-order valence-corrected chi connectivity index (χ2v) is 6.31. The van der Waals surface area contributed by atoms with E-state index in [0.717, 1.165) is 0 Å². The number of aromatic nitrogens is 2. The molecule has 1 heterocycles. The Kier molecular flexibility index (Phi) is 5.16. The number of hydrogen-bond donors (Lipinski definition) is 0. The Morgan fingerprint density at radius 1 is 1.00 bits per heavy atom. The molecule has 0 unspecified atom stereocenters. The van der Waals surface area contributed by atoms with Crippen molar-refractivity contribution in [1.82, 2.24) is 9.78 Å². The topological polar surface area (TPSA) is 27.1 Å². The zero-order valence-electron chi connectivity index (χ0n) is 13.5. The monoisotopic (exact) mass is 400 g/mol. The standard InChI is InChI=1S/C18H13Cl2F3N2O/c1-11-16(26-10-13-14(19)8-5-9-15(13)20)17(18(21,22)23)24-25(11)12-6-3-2-4-7-12/h2-9H,10H2,1H3. The molecule has 0 fully saturated rings. The third-order valence-corrected chi connectivity index (χ3v) is 4.46. The highest BCUT2D eigenvalue weighted by Gasteiger charge is 2.40. The molecule has 2 aromatic carbocycles. The van der Waals surface area contributed by atoms with E-state index < -0.39 is 11.9 Å². The fourth-order valence-electron chi connectivity index (χ4n) is 2.48.